The van der Waals surface area contributed by atoms with Gasteiger partial charge in [-0.1, -0.05) is 18.2 Å². The van der Waals surface area contributed by atoms with E-state index in [1.165, 1.54) is 12.1 Å². The molecule has 4 nitrogen and oxygen atoms in total. The van der Waals surface area contributed by atoms with Crippen molar-refractivity contribution in [3.63, 3.8) is 0 Å². The highest BCUT2D eigenvalue weighted by Gasteiger charge is 2.48. The first-order valence-electron chi connectivity index (χ1n) is 7.27. The van der Waals surface area contributed by atoms with Gasteiger partial charge in [0.05, 0.1) is 22.6 Å². The molecule has 1 fully saturated rings. The number of carbonyl (C=O) groups excluding carboxylic acids is 1. The van der Waals surface area contributed by atoms with Crippen molar-refractivity contribution in [1.82, 2.24) is 10.2 Å². The number of benzene rings is 1. The smallest absolute Gasteiger partial charge is 0.323 e. The second-order valence-electron chi connectivity index (χ2n) is 5.83. The molecule has 122 valence electrons. The molecule has 2 atom stereocenters. The molecule has 0 unspecified atom stereocenters. The van der Waals surface area contributed by atoms with Crippen LogP contribution in [-0.2, 0) is 11.0 Å². The van der Waals surface area contributed by atoms with E-state index in [2.05, 4.69) is 15.5 Å². The summed E-state index contributed by atoms with van der Waals surface area (Å²) in [4.78, 5) is 12.3. The van der Waals surface area contributed by atoms with Crippen LogP contribution in [0.3, 0.4) is 0 Å². The minimum absolute atomic E-state index is 0.195. The molecule has 1 aliphatic rings. The van der Waals surface area contributed by atoms with Gasteiger partial charge in [0.15, 0.2) is 0 Å². The van der Waals surface area contributed by atoms with Crippen molar-refractivity contribution in [3.05, 3.63) is 46.8 Å². The molecule has 7 heteroatoms. The molecule has 2 aromatic rings. The summed E-state index contributed by atoms with van der Waals surface area (Å²) in [5.41, 5.74) is 1.52. The highest BCUT2D eigenvalue weighted by Crippen LogP contribution is 2.51. The molecule has 1 aromatic carbocycles. The van der Waals surface area contributed by atoms with Crippen molar-refractivity contribution in [1.29, 1.82) is 0 Å². The second kappa shape index (κ2) is 5.40. The molecular weight excluding hydrogens is 307 g/mol. The quantitative estimate of drug-likeness (QED) is 0.903. The maximum Gasteiger partial charge on any atom is 0.416 e. The first-order chi connectivity index (χ1) is 10.8. The maximum atomic E-state index is 13.1. The van der Waals surface area contributed by atoms with Crippen molar-refractivity contribution in [2.75, 3.05) is 5.32 Å². The number of nitrogens with one attached hydrogen (secondary N) is 2. The summed E-state index contributed by atoms with van der Waals surface area (Å²) >= 11 is 0. The average Bonchev–Trinajstić information content (AvgIpc) is 3.23. The molecule has 1 aromatic heterocycles. The van der Waals surface area contributed by atoms with Crippen LogP contribution in [0.15, 0.2) is 24.3 Å². The Bertz CT molecular complexity index is 732. The van der Waals surface area contributed by atoms with E-state index in [0.717, 1.165) is 11.8 Å². The van der Waals surface area contributed by atoms with Crippen LogP contribution in [0.5, 0.6) is 0 Å². The number of amides is 1. The van der Waals surface area contributed by atoms with Crippen LogP contribution in [-0.4, -0.2) is 16.1 Å². The Morgan fingerprint density at radius 2 is 2.00 bits per heavy atom. The Morgan fingerprint density at radius 3 is 2.61 bits per heavy atom. The zero-order chi connectivity index (χ0) is 16.8. The third kappa shape index (κ3) is 2.95. The highest BCUT2D eigenvalue weighted by molar-refractivity contribution is 5.96. The van der Waals surface area contributed by atoms with Gasteiger partial charge in [0.25, 0.3) is 0 Å². The van der Waals surface area contributed by atoms with Crippen molar-refractivity contribution < 1.29 is 18.0 Å². The van der Waals surface area contributed by atoms with Crippen LogP contribution in [0.2, 0.25) is 0 Å². The van der Waals surface area contributed by atoms with Gasteiger partial charge in [-0.3, -0.25) is 9.89 Å². The van der Waals surface area contributed by atoms with E-state index in [-0.39, 0.29) is 17.4 Å². The van der Waals surface area contributed by atoms with Crippen LogP contribution in [0.1, 0.15) is 34.9 Å². The topological polar surface area (TPSA) is 57.8 Å². The lowest BCUT2D eigenvalue weighted by Crippen LogP contribution is -2.16. The van der Waals surface area contributed by atoms with E-state index in [9.17, 15) is 18.0 Å². The van der Waals surface area contributed by atoms with Crippen LogP contribution in [0, 0.1) is 19.8 Å². The van der Waals surface area contributed by atoms with Crippen LogP contribution >= 0.6 is 0 Å². The standard InChI is InChI=1S/C16H16F3N3O/c1-8-14(9(2)22-21-8)20-15(23)12-7-11(12)10-5-3-4-6-13(10)16(17,18)19/h3-6,11-12H,7H2,1-2H3,(H,20,23)(H,21,22)/t11-,12-/m0/s1. The van der Waals surface area contributed by atoms with Gasteiger partial charge in [0.1, 0.15) is 0 Å². The first-order valence-corrected chi connectivity index (χ1v) is 7.27. The minimum atomic E-state index is -4.40. The first kappa shape index (κ1) is 15.6. The Balaban J connectivity index is 1.77. The predicted octanol–water partition coefficient (Wildman–Crippen LogP) is 3.79. The summed E-state index contributed by atoms with van der Waals surface area (Å²) in [6.45, 7) is 3.53. The molecule has 1 amide bonds. The summed E-state index contributed by atoms with van der Waals surface area (Å²) < 4.78 is 39.2. The van der Waals surface area contributed by atoms with E-state index in [1.807, 2.05) is 0 Å². The number of anilines is 1. The number of nitrogens with zero attached hydrogens (tertiary/aromatic N) is 1. The van der Waals surface area contributed by atoms with Gasteiger partial charge < -0.3 is 5.32 Å². The Kier molecular flexibility index (Phi) is 3.66. The predicted molar refractivity (Wildman–Crippen MR) is 79.0 cm³/mol. The fraction of sp³-hybridized carbons (Fsp3) is 0.375. The van der Waals surface area contributed by atoms with Gasteiger partial charge in [0.2, 0.25) is 5.91 Å². The lowest BCUT2D eigenvalue weighted by atomic mass is 10.0. The molecule has 1 aliphatic carbocycles. The summed E-state index contributed by atoms with van der Waals surface area (Å²) in [6, 6.07) is 5.45. The molecule has 0 saturated heterocycles. The summed E-state index contributed by atoms with van der Waals surface area (Å²) in [5, 5.41) is 9.51. The van der Waals surface area contributed by atoms with Gasteiger partial charge >= 0.3 is 6.18 Å². The minimum Gasteiger partial charge on any atom is -0.323 e. The fourth-order valence-corrected chi connectivity index (χ4v) is 2.86. The normalized spacial score (nSPS) is 20.4. The Morgan fingerprint density at radius 1 is 1.30 bits per heavy atom. The van der Waals surface area contributed by atoms with Crippen LogP contribution < -0.4 is 5.32 Å². The number of aromatic nitrogens is 2. The zero-order valence-corrected chi connectivity index (χ0v) is 12.7. The molecule has 0 spiro atoms. The van der Waals surface area contributed by atoms with E-state index >= 15 is 0 Å². The number of hydrogen-bond donors (Lipinski definition) is 2. The van der Waals surface area contributed by atoms with Crippen molar-refractivity contribution in [2.45, 2.75) is 32.4 Å². The highest BCUT2D eigenvalue weighted by atomic mass is 19.4. The number of carbonyl (C=O) groups is 1. The van der Waals surface area contributed by atoms with Crippen molar-refractivity contribution in [3.8, 4) is 0 Å². The second-order valence-corrected chi connectivity index (χ2v) is 5.83. The number of aryl methyl sites for hydroxylation is 2. The van der Waals surface area contributed by atoms with E-state index in [4.69, 9.17) is 0 Å². The van der Waals surface area contributed by atoms with Gasteiger partial charge in [-0.25, -0.2) is 0 Å². The molecule has 2 N–H and O–H groups in total. The fourth-order valence-electron chi connectivity index (χ4n) is 2.86. The number of aromatic amines is 1. The number of alkyl halides is 3. The third-order valence-corrected chi connectivity index (χ3v) is 4.17. The molecule has 0 radical (unpaired) electrons. The van der Waals surface area contributed by atoms with Crippen LogP contribution in [0.4, 0.5) is 18.9 Å². The van der Waals surface area contributed by atoms with Crippen molar-refractivity contribution >= 4 is 11.6 Å². The summed E-state index contributed by atoms with van der Waals surface area (Å²) in [7, 11) is 0. The molecule has 23 heavy (non-hydrogen) atoms. The third-order valence-electron chi connectivity index (χ3n) is 4.17. The Labute approximate surface area is 131 Å². The van der Waals surface area contributed by atoms with Gasteiger partial charge in [-0.2, -0.15) is 18.3 Å². The lowest BCUT2D eigenvalue weighted by Gasteiger charge is -2.12. The number of H-pyrrole nitrogens is 1. The monoisotopic (exact) mass is 323 g/mol. The lowest BCUT2D eigenvalue weighted by molar-refractivity contribution is -0.138. The maximum absolute atomic E-state index is 13.1. The van der Waals surface area contributed by atoms with Crippen molar-refractivity contribution in [2.24, 2.45) is 5.92 Å². The summed E-state index contributed by atoms with van der Waals surface area (Å²) in [6.07, 6.45) is -3.98. The molecule has 0 bridgehead atoms. The number of hydrogen-bond acceptors (Lipinski definition) is 2. The van der Waals surface area contributed by atoms with Gasteiger partial charge in [0, 0.05) is 5.92 Å². The average molecular weight is 323 g/mol. The molecular formula is C16H16F3N3O. The van der Waals surface area contributed by atoms with Crippen LogP contribution in [0.25, 0.3) is 0 Å². The largest absolute Gasteiger partial charge is 0.416 e. The molecule has 0 aliphatic heterocycles. The molecule has 1 heterocycles. The van der Waals surface area contributed by atoms with E-state index in [1.54, 1.807) is 19.9 Å². The zero-order valence-electron chi connectivity index (χ0n) is 12.7. The SMILES string of the molecule is Cc1n[nH]c(C)c1NC(=O)[C@H]1C[C@H]1c1ccccc1C(F)(F)F. The number of rotatable bonds is 3. The molecule has 3 rings (SSSR count). The molecule has 1 saturated carbocycles. The van der Waals surface area contributed by atoms with Gasteiger partial charge in [-0.05, 0) is 37.8 Å². The van der Waals surface area contributed by atoms with E-state index < -0.39 is 17.7 Å². The van der Waals surface area contributed by atoms with Gasteiger partial charge in [-0.15, -0.1) is 0 Å². The Hall–Kier alpha value is -2.31. The number of halogens is 3. The summed E-state index contributed by atoms with van der Waals surface area (Å²) in [5.74, 6) is -1.09. The van der Waals surface area contributed by atoms with E-state index in [0.29, 0.717) is 17.8 Å².